The molecule has 1 aromatic heterocycles. The topological polar surface area (TPSA) is 45.8 Å². The third kappa shape index (κ3) is 2.34. The molecule has 1 rings (SSSR count). The molecule has 64 valence electrons. The SMILES string of the molecule is CC(C)=Cc1cc(=O)[nH]c(C)n1. The van der Waals surface area contributed by atoms with Crippen LogP contribution in [0.15, 0.2) is 16.4 Å². The molecule has 0 amide bonds. The highest BCUT2D eigenvalue weighted by atomic mass is 16.1. The fourth-order valence-electron chi connectivity index (χ4n) is 0.972. The molecule has 0 aromatic carbocycles. The maximum atomic E-state index is 11.0. The average Bonchev–Trinajstić information content (AvgIpc) is 1.81. The van der Waals surface area contributed by atoms with Crippen LogP contribution in [0.25, 0.3) is 6.08 Å². The lowest BCUT2D eigenvalue weighted by Crippen LogP contribution is -2.08. The second-order valence-corrected chi connectivity index (χ2v) is 2.98. The summed E-state index contributed by atoms with van der Waals surface area (Å²) in [6, 6.07) is 1.49. The van der Waals surface area contributed by atoms with E-state index in [1.807, 2.05) is 19.9 Å². The summed E-state index contributed by atoms with van der Waals surface area (Å²) < 4.78 is 0. The van der Waals surface area contributed by atoms with Gasteiger partial charge in [-0.15, -0.1) is 0 Å². The quantitative estimate of drug-likeness (QED) is 0.683. The molecule has 0 saturated heterocycles. The van der Waals surface area contributed by atoms with Crippen molar-refractivity contribution in [1.29, 1.82) is 0 Å². The lowest BCUT2D eigenvalue weighted by Gasteiger charge is -1.95. The lowest BCUT2D eigenvalue weighted by molar-refractivity contribution is 1.01. The molecule has 0 atom stereocenters. The van der Waals surface area contributed by atoms with Crippen molar-refractivity contribution >= 4 is 6.08 Å². The number of rotatable bonds is 1. The number of H-pyrrole nitrogens is 1. The normalized spacial score (nSPS) is 9.58. The maximum Gasteiger partial charge on any atom is 0.251 e. The molecule has 1 heterocycles. The molecule has 0 aliphatic heterocycles. The fourth-order valence-corrected chi connectivity index (χ4v) is 0.972. The zero-order valence-electron chi connectivity index (χ0n) is 7.51. The van der Waals surface area contributed by atoms with Gasteiger partial charge in [0.15, 0.2) is 0 Å². The molecule has 3 nitrogen and oxygen atoms in total. The van der Waals surface area contributed by atoms with E-state index >= 15 is 0 Å². The largest absolute Gasteiger partial charge is 0.311 e. The van der Waals surface area contributed by atoms with Gasteiger partial charge in [0.1, 0.15) is 5.82 Å². The van der Waals surface area contributed by atoms with Crippen molar-refractivity contribution in [3.05, 3.63) is 33.5 Å². The van der Waals surface area contributed by atoms with Crippen LogP contribution in [-0.4, -0.2) is 9.97 Å². The van der Waals surface area contributed by atoms with E-state index in [0.717, 1.165) is 11.3 Å². The third-order valence-electron chi connectivity index (χ3n) is 1.32. The molecule has 0 fully saturated rings. The highest BCUT2D eigenvalue weighted by Crippen LogP contribution is 1.99. The van der Waals surface area contributed by atoms with Crippen LogP contribution >= 0.6 is 0 Å². The van der Waals surface area contributed by atoms with E-state index < -0.39 is 0 Å². The fraction of sp³-hybridized carbons (Fsp3) is 0.333. The van der Waals surface area contributed by atoms with Crippen LogP contribution in [0.2, 0.25) is 0 Å². The summed E-state index contributed by atoms with van der Waals surface area (Å²) in [5, 5.41) is 0. The van der Waals surface area contributed by atoms with E-state index in [-0.39, 0.29) is 5.56 Å². The van der Waals surface area contributed by atoms with Gasteiger partial charge in [0, 0.05) is 6.07 Å². The first-order valence-corrected chi connectivity index (χ1v) is 3.81. The Morgan fingerprint density at radius 3 is 2.75 bits per heavy atom. The van der Waals surface area contributed by atoms with Crippen molar-refractivity contribution in [3.63, 3.8) is 0 Å². The van der Waals surface area contributed by atoms with Crippen LogP contribution in [0, 0.1) is 6.92 Å². The minimum absolute atomic E-state index is 0.102. The van der Waals surface area contributed by atoms with E-state index in [2.05, 4.69) is 9.97 Å². The Morgan fingerprint density at radius 2 is 2.25 bits per heavy atom. The number of aryl methyl sites for hydroxylation is 1. The Morgan fingerprint density at radius 1 is 1.58 bits per heavy atom. The maximum absolute atomic E-state index is 11.0. The van der Waals surface area contributed by atoms with Gasteiger partial charge in [-0.25, -0.2) is 4.98 Å². The average molecular weight is 164 g/mol. The first kappa shape index (κ1) is 8.71. The van der Waals surface area contributed by atoms with Crippen molar-refractivity contribution in [1.82, 2.24) is 9.97 Å². The zero-order valence-corrected chi connectivity index (χ0v) is 7.51. The number of hydrogen-bond donors (Lipinski definition) is 1. The minimum Gasteiger partial charge on any atom is -0.311 e. The first-order valence-electron chi connectivity index (χ1n) is 3.81. The molecule has 0 spiro atoms. The second kappa shape index (κ2) is 3.34. The molecule has 12 heavy (non-hydrogen) atoms. The van der Waals surface area contributed by atoms with Gasteiger partial charge >= 0.3 is 0 Å². The molecule has 0 saturated carbocycles. The summed E-state index contributed by atoms with van der Waals surface area (Å²) in [6.45, 7) is 5.71. The van der Waals surface area contributed by atoms with E-state index in [1.54, 1.807) is 6.92 Å². The number of allylic oxidation sites excluding steroid dienone is 1. The summed E-state index contributed by atoms with van der Waals surface area (Å²) in [6.07, 6.45) is 1.88. The molecule has 1 N–H and O–H groups in total. The van der Waals surface area contributed by atoms with Crippen LogP contribution < -0.4 is 5.56 Å². The van der Waals surface area contributed by atoms with Gasteiger partial charge in [-0.2, -0.15) is 0 Å². The Labute approximate surface area is 71.2 Å². The van der Waals surface area contributed by atoms with E-state index in [4.69, 9.17) is 0 Å². The van der Waals surface area contributed by atoms with Gasteiger partial charge in [0.2, 0.25) is 0 Å². The molecule has 0 aliphatic rings. The van der Waals surface area contributed by atoms with Crippen molar-refractivity contribution in [2.75, 3.05) is 0 Å². The Balaban J connectivity index is 3.18. The molecule has 3 heteroatoms. The van der Waals surface area contributed by atoms with Crippen LogP contribution in [0.1, 0.15) is 25.4 Å². The summed E-state index contributed by atoms with van der Waals surface area (Å²) in [5.41, 5.74) is 1.75. The van der Waals surface area contributed by atoms with Gasteiger partial charge in [0.05, 0.1) is 5.69 Å². The molecule has 0 aliphatic carbocycles. The lowest BCUT2D eigenvalue weighted by atomic mass is 10.2. The van der Waals surface area contributed by atoms with E-state index in [1.165, 1.54) is 6.07 Å². The van der Waals surface area contributed by atoms with Gasteiger partial charge in [0.25, 0.3) is 5.56 Å². The number of aromatic nitrogens is 2. The number of aromatic amines is 1. The van der Waals surface area contributed by atoms with Crippen molar-refractivity contribution < 1.29 is 0 Å². The van der Waals surface area contributed by atoms with Crippen molar-refractivity contribution in [2.24, 2.45) is 0 Å². The van der Waals surface area contributed by atoms with Gasteiger partial charge in [-0.05, 0) is 26.8 Å². The highest BCUT2D eigenvalue weighted by Gasteiger charge is 1.93. The highest BCUT2D eigenvalue weighted by molar-refractivity contribution is 5.46. The predicted octanol–water partition coefficient (Wildman–Crippen LogP) is 1.50. The molecule has 0 bridgehead atoms. The molecule has 1 aromatic rings. The molecular formula is C9H12N2O. The van der Waals surface area contributed by atoms with E-state index in [9.17, 15) is 4.79 Å². The molecular weight excluding hydrogens is 152 g/mol. The smallest absolute Gasteiger partial charge is 0.251 e. The van der Waals surface area contributed by atoms with Crippen LogP contribution in [-0.2, 0) is 0 Å². The van der Waals surface area contributed by atoms with Gasteiger partial charge in [-0.3, -0.25) is 4.79 Å². The predicted molar refractivity (Wildman–Crippen MR) is 48.9 cm³/mol. The standard InChI is InChI=1S/C9H12N2O/c1-6(2)4-8-5-9(12)11-7(3)10-8/h4-5H,1-3H3,(H,10,11,12). The third-order valence-corrected chi connectivity index (χ3v) is 1.32. The van der Waals surface area contributed by atoms with E-state index in [0.29, 0.717) is 5.82 Å². The monoisotopic (exact) mass is 164 g/mol. The number of hydrogen-bond acceptors (Lipinski definition) is 2. The summed E-state index contributed by atoms with van der Waals surface area (Å²) in [4.78, 5) is 17.7. The summed E-state index contributed by atoms with van der Waals surface area (Å²) in [5.74, 6) is 0.648. The summed E-state index contributed by atoms with van der Waals surface area (Å²) in [7, 11) is 0. The van der Waals surface area contributed by atoms with Gasteiger partial charge < -0.3 is 4.98 Å². The molecule has 0 radical (unpaired) electrons. The Kier molecular flexibility index (Phi) is 2.43. The van der Waals surface area contributed by atoms with Crippen LogP contribution in [0.4, 0.5) is 0 Å². The molecule has 0 unspecified atom stereocenters. The second-order valence-electron chi connectivity index (χ2n) is 2.98. The van der Waals surface area contributed by atoms with Crippen LogP contribution in [0.3, 0.4) is 0 Å². The number of nitrogens with one attached hydrogen (secondary N) is 1. The van der Waals surface area contributed by atoms with Crippen molar-refractivity contribution in [3.8, 4) is 0 Å². The van der Waals surface area contributed by atoms with Crippen LogP contribution in [0.5, 0.6) is 0 Å². The Bertz CT molecular complexity index is 359. The minimum atomic E-state index is -0.102. The first-order chi connectivity index (χ1) is 5.58. The van der Waals surface area contributed by atoms with Crippen molar-refractivity contribution in [2.45, 2.75) is 20.8 Å². The summed E-state index contributed by atoms with van der Waals surface area (Å²) >= 11 is 0. The zero-order chi connectivity index (χ0) is 9.14. The van der Waals surface area contributed by atoms with Gasteiger partial charge in [-0.1, -0.05) is 5.57 Å². The number of nitrogens with zero attached hydrogens (tertiary/aromatic N) is 1. The Hall–Kier alpha value is -1.38.